The van der Waals surface area contributed by atoms with E-state index in [2.05, 4.69) is 31.2 Å². The summed E-state index contributed by atoms with van der Waals surface area (Å²) in [7, 11) is 5.50. The van der Waals surface area contributed by atoms with E-state index >= 15 is 9.59 Å². The number of esters is 2. The fraction of sp³-hybridized carbons (Fsp3) is 0.483. The van der Waals surface area contributed by atoms with Gasteiger partial charge in [0.25, 0.3) is 11.8 Å². The van der Waals surface area contributed by atoms with Gasteiger partial charge in [0.15, 0.2) is 11.4 Å². The Morgan fingerprint density at radius 3 is 1.26 bits per heavy atom. The van der Waals surface area contributed by atoms with Crippen LogP contribution < -0.4 is 32.7 Å². The summed E-state index contributed by atoms with van der Waals surface area (Å²) in [4.78, 5) is 159. The number of nitrogens with zero attached hydrogens (tertiary/aromatic N) is 6. The van der Waals surface area contributed by atoms with Crippen LogP contribution in [0.15, 0.2) is 72.8 Å². The Morgan fingerprint density at radius 2 is 0.890 bits per heavy atom. The van der Waals surface area contributed by atoms with Gasteiger partial charge in [-0.2, -0.15) is 0 Å². The average Bonchev–Trinajstić information content (AvgIpc) is 4.30. The van der Waals surface area contributed by atoms with Crippen LogP contribution in [0.2, 0.25) is 0 Å². The van der Waals surface area contributed by atoms with Gasteiger partial charge in [-0.05, 0) is 88.5 Å². The van der Waals surface area contributed by atoms with Crippen molar-refractivity contribution in [3.8, 4) is 0 Å². The fourth-order valence-electron chi connectivity index (χ4n) is 11.5. The molecule has 2 aromatic heterocycles. The molecule has 24 heteroatoms. The topological polar surface area (TPSA) is 328 Å². The summed E-state index contributed by atoms with van der Waals surface area (Å²) in [5.74, 6) is -9.41. The molecule has 2 aromatic carbocycles. The smallest absolute Gasteiger partial charge is 0.329 e. The number of hydrogen-bond donors (Lipinski definition) is 6. The fourth-order valence-corrected chi connectivity index (χ4v) is 11.5. The molecule has 4 aromatic rings. The number of nitrogens with two attached hydrogens (primary N) is 2. The summed E-state index contributed by atoms with van der Waals surface area (Å²) in [6.45, 7) is 1.17. The summed E-state index contributed by atoms with van der Waals surface area (Å²) in [5, 5.41) is 11.7. The molecule has 8 rings (SSSR count). The Morgan fingerprint density at radius 1 is 0.537 bits per heavy atom. The number of rotatable bonds is 6. The van der Waals surface area contributed by atoms with Crippen LogP contribution in [0, 0.1) is 11.8 Å². The van der Waals surface area contributed by atoms with Crippen molar-refractivity contribution in [3.05, 3.63) is 84.2 Å². The van der Waals surface area contributed by atoms with Gasteiger partial charge < -0.3 is 61.8 Å². The Bertz CT molecular complexity index is 2970. The molecule has 8 N–H and O–H groups in total. The molecular weight excluding hydrogens is 1060 g/mol. The van der Waals surface area contributed by atoms with Gasteiger partial charge in [-0.3, -0.25) is 38.4 Å². The minimum Gasteiger partial charge on any atom is -0.461 e. The molecule has 0 radical (unpaired) electrons. The van der Waals surface area contributed by atoms with Crippen LogP contribution in [0.1, 0.15) is 99.0 Å². The van der Waals surface area contributed by atoms with E-state index in [4.69, 9.17) is 20.9 Å². The van der Waals surface area contributed by atoms with E-state index in [1.807, 2.05) is 0 Å². The van der Waals surface area contributed by atoms with E-state index in [0.29, 0.717) is 47.5 Å². The molecule has 2 aliphatic heterocycles. The van der Waals surface area contributed by atoms with Crippen molar-refractivity contribution in [1.29, 1.82) is 0 Å². The molecule has 0 spiro atoms. The van der Waals surface area contributed by atoms with Crippen LogP contribution in [-0.2, 0) is 47.8 Å². The highest BCUT2D eigenvalue weighted by molar-refractivity contribution is 6.04. The molecule has 82 heavy (non-hydrogen) atoms. The van der Waals surface area contributed by atoms with Crippen LogP contribution in [0.25, 0.3) is 21.8 Å². The summed E-state index contributed by atoms with van der Waals surface area (Å²) in [5.41, 5.74) is 13.0. The summed E-state index contributed by atoms with van der Waals surface area (Å²) >= 11 is 0. The van der Waals surface area contributed by atoms with Gasteiger partial charge in [0.1, 0.15) is 61.5 Å². The minimum absolute atomic E-state index is 0.0141. The molecule has 4 aliphatic rings. The predicted octanol–water partition coefficient (Wildman–Crippen LogP) is 1.99. The summed E-state index contributed by atoms with van der Waals surface area (Å²) < 4.78 is 11.8. The van der Waals surface area contributed by atoms with Gasteiger partial charge in [0.05, 0.1) is 22.4 Å². The number of anilines is 2. The number of ether oxygens (including phenoxy) is 2. The molecule has 436 valence electrons. The molecule has 24 nitrogen and oxygen atoms in total. The number of pyridine rings is 2. The number of benzene rings is 2. The molecule has 2 bridgehead atoms. The Labute approximate surface area is 474 Å². The molecule has 8 amide bonds. The molecule has 8 atom stereocenters. The number of carbonyl (C=O) groups excluding carboxylic acids is 10. The van der Waals surface area contributed by atoms with Crippen LogP contribution >= 0.6 is 0 Å². The van der Waals surface area contributed by atoms with Crippen molar-refractivity contribution in [1.82, 2.24) is 50.8 Å². The molecule has 4 heterocycles. The highest BCUT2D eigenvalue weighted by Gasteiger charge is 2.45. The number of likely N-dealkylation sites (N-methyl/N-ethyl adjacent to an activating group) is 4. The number of carbonyl (C=O) groups is 10. The second-order valence-electron chi connectivity index (χ2n) is 21.8. The maximum absolute atomic E-state index is 15.2. The first-order valence-electron chi connectivity index (χ1n) is 27.7. The van der Waals surface area contributed by atoms with Crippen molar-refractivity contribution in [2.24, 2.45) is 11.8 Å². The lowest BCUT2D eigenvalue weighted by Crippen LogP contribution is -2.60. The van der Waals surface area contributed by atoms with E-state index in [-0.39, 0.29) is 35.6 Å². The first-order chi connectivity index (χ1) is 39.1. The first-order valence-corrected chi connectivity index (χ1v) is 27.7. The number of para-hydroxylation sites is 2. The largest absolute Gasteiger partial charge is 0.461 e. The molecule has 2 aliphatic carbocycles. The number of fused-ring (bicyclic) bond motifs is 6. The van der Waals surface area contributed by atoms with Crippen molar-refractivity contribution < 1.29 is 57.4 Å². The standard InChI is InChI=1S/C58H72N12O12/c1-31-53(75)67(3)43-25-15-16-26-44(56(78)70(6)48(34-19-9-10-20-34)57(79)81-29-41(49(71)61-31)65-51(73)45-37(59)27-35-21-11-13-23-39(35)63-45)68(4)54(76)32(2)62-50(72)42(30-82-58(80)47(69(5)55(43)77)33-17-7-8-18-33)66-52(74)46-38(60)28-36-22-12-14-24-40(36)64-46/h11-16,21-24,27-28,31-34,41-44,47-48H,7-10,17-20,25-26,29-30,59-60H2,1-6H3,(H,61,71)(H,62,72)(H,65,73)(H,66,74)/b16-15-/t31-,32-,41+,42+,43-,44?,47-,48-/m0/s1. The van der Waals surface area contributed by atoms with E-state index < -0.39 is 133 Å². The van der Waals surface area contributed by atoms with Gasteiger partial charge in [-0.1, -0.05) is 74.2 Å². The van der Waals surface area contributed by atoms with Crippen LogP contribution in [0.4, 0.5) is 11.4 Å². The van der Waals surface area contributed by atoms with Gasteiger partial charge in [-0.25, -0.2) is 19.6 Å². The molecule has 1 unspecified atom stereocenters. The monoisotopic (exact) mass is 1130 g/mol. The third kappa shape index (κ3) is 13.1. The molecule has 2 fully saturated rings. The van der Waals surface area contributed by atoms with Crippen molar-refractivity contribution in [2.45, 2.75) is 126 Å². The molecular formula is C58H72N12O12. The lowest BCUT2D eigenvalue weighted by molar-refractivity contribution is -0.161. The zero-order valence-corrected chi connectivity index (χ0v) is 46.9. The summed E-state index contributed by atoms with van der Waals surface area (Å²) in [6, 6.07) is 5.53. The predicted molar refractivity (Wildman–Crippen MR) is 300 cm³/mol. The van der Waals surface area contributed by atoms with Gasteiger partial charge in [0, 0.05) is 39.0 Å². The van der Waals surface area contributed by atoms with Crippen molar-refractivity contribution in [2.75, 3.05) is 52.9 Å². The lowest BCUT2D eigenvalue weighted by atomic mass is 9.95. The SMILES string of the molecule is C[C@@H]1NC(=O)[C@H](NC(=O)c2nc3ccccc3cc2N)COC(=O)[C@H](C2CCCC2)N(C)C(=O)[C@@H]2C/C=C\CC(C(=O)N(C)[C@@H](C3CCCC3)C(=O)OC[C@@H](NC(=O)c3nc4ccccc4cc3N)C(=O)N[C@@H](C)C(=O)N2C)N(C)C1=O. The summed E-state index contributed by atoms with van der Waals surface area (Å²) in [6.07, 6.45) is 7.69. The maximum atomic E-state index is 15.2. The van der Waals surface area contributed by atoms with E-state index in [1.54, 1.807) is 72.8 Å². The number of aromatic nitrogens is 2. The first kappa shape index (κ1) is 59.4. The number of nitrogen functional groups attached to an aromatic ring is 2. The van der Waals surface area contributed by atoms with Crippen LogP contribution in [0.5, 0.6) is 0 Å². The van der Waals surface area contributed by atoms with Crippen LogP contribution in [0.3, 0.4) is 0 Å². The van der Waals surface area contributed by atoms with Crippen molar-refractivity contribution in [3.63, 3.8) is 0 Å². The zero-order chi connectivity index (χ0) is 59.1. The second kappa shape index (κ2) is 25.8. The molecule has 0 saturated heterocycles. The Hall–Kier alpha value is -8.70. The second-order valence-corrected chi connectivity index (χ2v) is 21.8. The Kier molecular flexibility index (Phi) is 18.7. The third-order valence-electron chi connectivity index (χ3n) is 16.2. The van der Waals surface area contributed by atoms with Gasteiger partial charge >= 0.3 is 11.9 Å². The zero-order valence-electron chi connectivity index (χ0n) is 46.9. The molecule has 2 saturated carbocycles. The van der Waals surface area contributed by atoms with E-state index in [0.717, 1.165) is 35.5 Å². The minimum atomic E-state index is -1.67. The average molecular weight is 1130 g/mol. The van der Waals surface area contributed by atoms with E-state index in [9.17, 15) is 38.4 Å². The Balaban J connectivity index is 1.18. The van der Waals surface area contributed by atoms with Crippen LogP contribution in [-0.4, -0.2) is 179 Å². The van der Waals surface area contributed by atoms with Crippen molar-refractivity contribution >= 4 is 92.4 Å². The highest BCUT2D eigenvalue weighted by atomic mass is 16.5. The number of cyclic esters (lactones) is 2. The van der Waals surface area contributed by atoms with Gasteiger partial charge in [0.2, 0.25) is 35.4 Å². The lowest BCUT2D eigenvalue weighted by Gasteiger charge is -2.37. The number of amides is 8. The third-order valence-corrected chi connectivity index (χ3v) is 16.2. The van der Waals surface area contributed by atoms with E-state index in [1.165, 1.54) is 51.8 Å². The maximum Gasteiger partial charge on any atom is 0.329 e. The number of hydrogen-bond acceptors (Lipinski definition) is 16. The normalized spacial score (nSPS) is 26.3. The number of nitrogens with one attached hydrogen (secondary N) is 4. The van der Waals surface area contributed by atoms with Gasteiger partial charge in [-0.15, -0.1) is 0 Å². The quantitative estimate of drug-likeness (QED) is 0.119. The highest BCUT2D eigenvalue weighted by Crippen LogP contribution is 2.33.